The highest BCUT2D eigenvalue weighted by molar-refractivity contribution is 9.10. The highest BCUT2D eigenvalue weighted by atomic mass is 79.9. The number of benzene rings is 4. The predicted octanol–water partition coefficient (Wildman–Crippen LogP) is 5.95. The zero-order chi connectivity index (χ0) is 31.0. The number of hydrogen-bond acceptors (Lipinski definition) is 4. The summed E-state index contributed by atoms with van der Waals surface area (Å²) in [5, 5.41) is 2.88. The molecule has 2 amide bonds. The molecule has 0 saturated carbocycles. The van der Waals surface area contributed by atoms with Crippen LogP contribution in [-0.2, 0) is 32.6 Å². The Morgan fingerprint density at radius 3 is 2.02 bits per heavy atom. The average molecular weight is 667 g/mol. The lowest BCUT2D eigenvalue weighted by atomic mass is 10.0. The first-order chi connectivity index (χ1) is 20.6. The van der Waals surface area contributed by atoms with Gasteiger partial charge in [0.25, 0.3) is 10.0 Å². The van der Waals surface area contributed by atoms with Crippen molar-refractivity contribution in [1.29, 1.82) is 0 Å². The summed E-state index contributed by atoms with van der Waals surface area (Å²) in [5.41, 5.74) is 1.25. The van der Waals surface area contributed by atoms with Crippen molar-refractivity contribution in [3.8, 4) is 0 Å². The van der Waals surface area contributed by atoms with Crippen molar-refractivity contribution in [2.24, 2.45) is 0 Å². The van der Waals surface area contributed by atoms with Crippen LogP contribution in [0.1, 0.15) is 25.0 Å². The Kier molecular flexibility index (Phi) is 10.7. The van der Waals surface area contributed by atoms with Gasteiger partial charge in [-0.05, 0) is 61.9 Å². The maximum atomic E-state index is 14.9. The third-order valence-electron chi connectivity index (χ3n) is 6.73. The predicted molar refractivity (Wildman–Crippen MR) is 169 cm³/mol. The molecule has 1 atom stereocenters. The normalized spacial score (nSPS) is 12.0. The summed E-state index contributed by atoms with van der Waals surface area (Å²) in [4.78, 5) is 29.3. The van der Waals surface area contributed by atoms with E-state index in [1.807, 2.05) is 44.2 Å². The van der Waals surface area contributed by atoms with Gasteiger partial charge in [-0.2, -0.15) is 0 Å². The van der Waals surface area contributed by atoms with Crippen molar-refractivity contribution >= 4 is 43.5 Å². The Hall–Kier alpha value is -4.02. The van der Waals surface area contributed by atoms with Crippen LogP contribution in [-0.4, -0.2) is 43.8 Å². The van der Waals surface area contributed by atoms with Gasteiger partial charge >= 0.3 is 0 Å². The van der Waals surface area contributed by atoms with Crippen LogP contribution in [0.5, 0.6) is 0 Å². The second-order valence-electron chi connectivity index (χ2n) is 10.3. The SMILES string of the molecule is CC(C)NC(=O)[C@@H](Cc1ccccc1)N(Cc1ccccc1F)C(=O)CN(c1ccc(Br)cc1)S(=O)(=O)c1ccccc1. The quantitative estimate of drug-likeness (QED) is 0.203. The minimum atomic E-state index is -4.20. The molecule has 0 spiro atoms. The molecular weight excluding hydrogens is 633 g/mol. The van der Waals surface area contributed by atoms with E-state index in [4.69, 9.17) is 0 Å². The topological polar surface area (TPSA) is 86.8 Å². The molecule has 4 aromatic carbocycles. The number of carbonyl (C=O) groups is 2. The third-order valence-corrected chi connectivity index (χ3v) is 9.04. The van der Waals surface area contributed by atoms with Crippen molar-refractivity contribution in [3.05, 3.63) is 131 Å². The van der Waals surface area contributed by atoms with E-state index in [2.05, 4.69) is 21.2 Å². The van der Waals surface area contributed by atoms with E-state index in [0.29, 0.717) is 0 Å². The number of halogens is 2. The van der Waals surface area contributed by atoms with E-state index >= 15 is 0 Å². The lowest BCUT2D eigenvalue weighted by Crippen LogP contribution is -2.54. The van der Waals surface area contributed by atoms with Crippen molar-refractivity contribution in [2.45, 2.75) is 43.8 Å². The first-order valence-corrected chi connectivity index (χ1v) is 16.0. The lowest BCUT2D eigenvalue weighted by molar-refractivity contribution is -0.140. The number of sulfonamides is 1. The van der Waals surface area contributed by atoms with Gasteiger partial charge in [0.1, 0.15) is 18.4 Å². The van der Waals surface area contributed by atoms with E-state index < -0.39 is 40.2 Å². The monoisotopic (exact) mass is 665 g/mol. The number of hydrogen-bond donors (Lipinski definition) is 1. The minimum Gasteiger partial charge on any atom is -0.352 e. The summed E-state index contributed by atoms with van der Waals surface area (Å²) < 4.78 is 44.6. The van der Waals surface area contributed by atoms with Gasteiger partial charge in [-0.25, -0.2) is 12.8 Å². The summed E-state index contributed by atoms with van der Waals surface area (Å²) in [5.74, 6) is -1.63. The van der Waals surface area contributed by atoms with Gasteiger partial charge in [-0.1, -0.05) is 82.7 Å². The molecule has 0 aliphatic rings. The molecule has 43 heavy (non-hydrogen) atoms. The van der Waals surface area contributed by atoms with Crippen LogP contribution in [0.2, 0.25) is 0 Å². The maximum Gasteiger partial charge on any atom is 0.264 e. The summed E-state index contributed by atoms with van der Waals surface area (Å²) in [6.45, 7) is 2.76. The van der Waals surface area contributed by atoms with E-state index in [-0.39, 0.29) is 35.2 Å². The van der Waals surface area contributed by atoms with Crippen LogP contribution in [0.25, 0.3) is 0 Å². The molecule has 0 bridgehead atoms. The van der Waals surface area contributed by atoms with Gasteiger partial charge in [0, 0.05) is 29.0 Å². The fraction of sp³-hybridized carbons (Fsp3) is 0.212. The summed E-state index contributed by atoms with van der Waals surface area (Å²) in [6, 6.07) is 28.3. The Morgan fingerprint density at radius 1 is 0.837 bits per heavy atom. The van der Waals surface area contributed by atoms with Gasteiger partial charge in [0.05, 0.1) is 10.6 Å². The van der Waals surface area contributed by atoms with Crippen molar-refractivity contribution in [2.75, 3.05) is 10.8 Å². The minimum absolute atomic E-state index is 0.00441. The largest absolute Gasteiger partial charge is 0.352 e. The standard InChI is InChI=1S/C33H33BrFN3O4S/c1-24(2)36-33(40)31(21-25-11-5-3-6-12-25)37(22-26-13-9-10-16-30(26)35)32(39)23-38(28-19-17-27(34)18-20-28)43(41,42)29-14-7-4-8-15-29/h3-20,24,31H,21-23H2,1-2H3,(H,36,40)/t31-/m1/s1. The number of carbonyl (C=O) groups excluding carboxylic acids is 2. The smallest absolute Gasteiger partial charge is 0.264 e. The molecule has 10 heteroatoms. The molecule has 0 aliphatic carbocycles. The van der Waals surface area contributed by atoms with Gasteiger partial charge in [-0.15, -0.1) is 0 Å². The number of amides is 2. The van der Waals surface area contributed by atoms with Gasteiger partial charge in [0.15, 0.2) is 0 Å². The van der Waals surface area contributed by atoms with Crippen molar-refractivity contribution < 1.29 is 22.4 Å². The third kappa shape index (κ3) is 8.30. The molecule has 0 aromatic heterocycles. The van der Waals surface area contributed by atoms with E-state index in [1.165, 1.54) is 23.1 Å². The first-order valence-electron chi connectivity index (χ1n) is 13.8. The summed E-state index contributed by atoms with van der Waals surface area (Å²) in [6.07, 6.45) is 0.142. The molecule has 0 fully saturated rings. The van der Waals surface area contributed by atoms with Crippen LogP contribution < -0.4 is 9.62 Å². The second-order valence-corrected chi connectivity index (χ2v) is 13.1. The van der Waals surface area contributed by atoms with Crippen LogP contribution in [0.15, 0.2) is 119 Å². The molecule has 0 aliphatic heterocycles. The zero-order valence-electron chi connectivity index (χ0n) is 23.9. The Morgan fingerprint density at radius 2 is 1.42 bits per heavy atom. The number of anilines is 1. The summed E-state index contributed by atoms with van der Waals surface area (Å²) >= 11 is 3.37. The summed E-state index contributed by atoms with van der Waals surface area (Å²) in [7, 11) is -4.20. The average Bonchev–Trinajstić information content (AvgIpc) is 2.99. The van der Waals surface area contributed by atoms with Gasteiger partial charge in [-0.3, -0.25) is 13.9 Å². The van der Waals surface area contributed by atoms with E-state index in [9.17, 15) is 22.4 Å². The Labute approximate surface area is 260 Å². The molecule has 0 saturated heterocycles. The van der Waals surface area contributed by atoms with Gasteiger partial charge < -0.3 is 10.2 Å². The molecule has 0 unspecified atom stereocenters. The van der Waals surface area contributed by atoms with Crippen LogP contribution >= 0.6 is 15.9 Å². The number of nitrogens with one attached hydrogen (secondary N) is 1. The first kappa shape index (κ1) is 31.9. The van der Waals surface area contributed by atoms with Gasteiger partial charge in [0.2, 0.25) is 11.8 Å². The van der Waals surface area contributed by atoms with Crippen LogP contribution in [0.4, 0.5) is 10.1 Å². The van der Waals surface area contributed by atoms with Crippen LogP contribution in [0.3, 0.4) is 0 Å². The molecule has 0 radical (unpaired) electrons. The highest BCUT2D eigenvalue weighted by Gasteiger charge is 2.35. The van der Waals surface area contributed by atoms with E-state index in [1.54, 1.807) is 60.7 Å². The lowest BCUT2D eigenvalue weighted by Gasteiger charge is -2.34. The van der Waals surface area contributed by atoms with Crippen molar-refractivity contribution in [1.82, 2.24) is 10.2 Å². The fourth-order valence-corrected chi connectivity index (χ4v) is 6.30. The fourth-order valence-electron chi connectivity index (χ4n) is 4.60. The molecular formula is C33H33BrFN3O4S. The molecule has 0 heterocycles. The van der Waals surface area contributed by atoms with E-state index in [0.717, 1.165) is 14.3 Å². The second kappa shape index (κ2) is 14.4. The highest BCUT2D eigenvalue weighted by Crippen LogP contribution is 2.26. The molecule has 4 aromatic rings. The Bertz CT molecular complexity index is 1640. The molecule has 1 N–H and O–H groups in total. The maximum absolute atomic E-state index is 14.9. The number of nitrogens with zero attached hydrogens (tertiary/aromatic N) is 2. The molecule has 224 valence electrons. The zero-order valence-corrected chi connectivity index (χ0v) is 26.3. The number of rotatable bonds is 12. The molecule has 7 nitrogen and oxygen atoms in total. The van der Waals surface area contributed by atoms with Crippen LogP contribution in [0, 0.1) is 5.82 Å². The molecule has 4 rings (SSSR count). The Balaban J connectivity index is 1.80. The van der Waals surface area contributed by atoms with Crippen molar-refractivity contribution in [3.63, 3.8) is 0 Å².